The SMILES string of the molecule is COc1cc(O[C@@H]2CCOC2)nc(O)n1. The van der Waals surface area contributed by atoms with E-state index in [9.17, 15) is 5.11 Å². The molecule has 1 N–H and O–H groups in total. The maximum absolute atomic E-state index is 9.19. The zero-order valence-corrected chi connectivity index (χ0v) is 8.34. The van der Waals surface area contributed by atoms with Crippen molar-refractivity contribution in [1.82, 2.24) is 9.97 Å². The van der Waals surface area contributed by atoms with Gasteiger partial charge in [-0.2, -0.15) is 9.97 Å². The summed E-state index contributed by atoms with van der Waals surface area (Å²) in [6.07, 6.45) is 0.816. The fraction of sp³-hybridized carbons (Fsp3) is 0.556. The zero-order chi connectivity index (χ0) is 10.7. The monoisotopic (exact) mass is 212 g/mol. The Balaban J connectivity index is 2.09. The molecule has 1 aliphatic rings. The normalized spacial score (nSPS) is 20.2. The van der Waals surface area contributed by atoms with Gasteiger partial charge in [-0.25, -0.2) is 0 Å². The number of ether oxygens (including phenoxy) is 3. The van der Waals surface area contributed by atoms with Gasteiger partial charge in [0.1, 0.15) is 6.10 Å². The summed E-state index contributed by atoms with van der Waals surface area (Å²) in [7, 11) is 1.46. The highest BCUT2D eigenvalue weighted by Gasteiger charge is 2.18. The van der Waals surface area contributed by atoms with Crippen molar-refractivity contribution < 1.29 is 19.3 Å². The molecule has 1 aromatic rings. The summed E-state index contributed by atoms with van der Waals surface area (Å²) in [5.41, 5.74) is 0. The van der Waals surface area contributed by atoms with Crippen molar-refractivity contribution in [3.8, 4) is 17.8 Å². The minimum atomic E-state index is -0.358. The lowest BCUT2D eigenvalue weighted by molar-refractivity contribution is 0.136. The third-order valence-electron chi connectivity index (χ3n) is 2.05. The predicted octanol–water partition coefficient (Wildman–Crippen LogP) is 0.358. The maximum atomic E-state index is 9.19. The van der Waals surface area contributed by atoms with Gasteiger partial charge in [-0.3, -0.25) is 0 Å². The summed E-state index contributed by atoms with van der Waals surface area (Å²) < 4.78 is 15.5. The van der Waals surface area contributed by atoms with Crippen molar-refractivity contribution >= 4 is 0 Å². The maximum Gasteiger partial charge on any atom is 0.320 e. The van der Waals surface area contributed by atoms with E-state index in [-0.39, 0.29) is 18.0 Å². The van der Waals surface area contributed by atoms with Crippen LogP contribution in [0.4, 0.5) is 0 Å². The number of nitrogens with zero attached hydrogens (tertiary/aromatic N) is 2. The molecule has 6 nitrogen and oxygen atoms in total. The highest BCUT2D eigenvalue weighted by molar-refractivity contribution is 5.22. The first kappa shape index (κ1) is 9.97. The van der Waals surface area contributed by atoms with Crippen LogP contribution < -0.4 is 9.47 Å². The highest BCUT2D eigenvalue weighted by atomic mass is 16.6. The summed E-state index contributed by atoms with van der Waals surface area (Å²) in [5.74, 6) is 0.575. The Kier molecular flexibility index (Phi) is 2.86. The van der Waals surface area contributed by atoms with Crippen molar-refractivity contribution in [2.45, 2.75) is 12.5 Å². The fourth-order valence-corrected chi connectivity index (χ4v) is 1.33. The molecule has 1 saturated heterocycles. The largest absolute Gasteiger partial charge is 0.481 e. The molecule has 0 spiro atoms. The third kappa shape index (κ3) is 2.47. The van der Waals surface area contributed by atoms with Gasteiger partial charge in [0.2, 0.25) is 11.8 Å². The van der Waals surface area contributed by atoms with E-state index in [1.807, 2.05) is 0 Å². The molecule has 6 heteroatoms. The van der Waals surface area contributed by atoms with Gasteiger partial charge in [0.15, 0.2) is 0 Å². The van der Waals surface area contributed by atoms with Gasteiger partial charge in [0, 0.05) is 6.42 Å². The molecule has 2 heterocycles. The molecule has 1 aliphatic heterocycles. The molecule has 0 bridgehead atoms. The molecule has 1 aromatic heterocycles. The molecule has 0 aliphatic carbocycles. The lowest BCUT2D eigenvalue weighted by Crippen LogP contribution is -2.16. The van der Waals surface area contributed by atoms with Crippen LogP contribution in [0, 0.1) is 0 Å². The molecule has 0 radical (unpaired) electrons. The van der Waals surface area contributed by atoms with E-state index in [1.165, 1.54) is 13.2 Å². The Bertz CT molecular complexity index is 339. The van der Waals surface area contributed by atoms with Crippen LogP contribution in [-0.2, 0) is 4.74 Å². The van der Waals surface area contributed by atoms with Gasteiger partial charge in [0.05, 0.1) is 26.4 Å². The smallest absolute Gasteiger partial charge is 0.320 e. The summed E-state index contributed by atoms with van der Waals surface area (Å²) >= 11 is 0. The Morgan fingerprint density at radius 2 is 2.27 bits per heavy atom. The standard InChI is InChI=1S/C9H12N2O4/c1-13-7-4-8(11-9(12)10-7)15-6-2-3-14-5-6/h4,6H,2-3,5H2,1H3,(H,10,11,12)/t6-/m1/s1. The quantitative estimate of drug-likeness (QED) is 0.779. The van der Waals surface area contributed by atoms with Crippen LogP contribution in [0.5, 0.6) is 17.8 Å². The van der Waals surface area contributed by atoms with Crippen LogP contribution in [0.2, 0.25) is 0 Å². The first-order valence-corrected chi connectivity index (χ1v) is 4.64. The summed E-state index contributed by atoms with van der Waals surface area (Å²) in [6, 6.07) is 1.17. The predicted molar refractivity (Wildman–Crippen MR) is 50.1 cm³/mol. The van der Waals surface area contributed by atoms with Gasteiger partial charge < -0.3 is 19.3 Å². The second-order valence-corrected chi connectivity index (χ2v) is 3.15. The molecule has 1 fully saturated rings. The zero-order valence-electron chi connectivity index (χ0n) is 8.34. The van der Waals surface area contributed by atoms with E-state index in [4.69, 9.17) is 14.2 Å². The average Bonchev–Trinajstić information content (AvgIpc) is 2.69. The van der Waals surface area contributed by atoms with E-state index >= 15 is 0 Å². The fourth-order valence-electron chi connectivity index (χ4n) is 1.33. The number of hydrogen-bond donors (Lipinski definition) is 1. The minimum Gasteiger partial charge on any atom is -0.481 e. The van der Waals surface area contributed by atoms with E-state index in [0.29, 0.717) is 19.1 Å². The lowest BCUT2D eigenvalue weighted by atomic mass is 10.3. The number of hydrogen-bond acceptors (Lipinski definition) is 6. The average molecular weight is 212 g/mol. The van der Waals surface area contributed by atoms with Gasteiger partial charge in [-0.1, -0.05) is 0 Å². The molecule has 0 unspecified atom stereocenters. The molecule has 0 aromatic carbocycles. The second kappa shape index (κ2) is 4.31. The van der Waals surface area contributed by atoms with E-state index < -0.39 is 0 Å². The van der Waals surface area contributed by atoms with Crippen LogP contribution >= 0.6 is 0 Å². The molecule has 0 saturated carbocycles. The van der Waals surface area contributed by atoms with Crippen LogP contribution in [0.15, 0.2) is 6.07 Å². The van der Waals surface area contributed by atoms with Crippen molar-refractivity contribution in [2.75, 3.05) is 20.3 Å². The van der Waals surface area contributed by atoms with Crippen LogP contribution in [0.3, 0.4) is 0 Å². The van der Waals surface area contributed by atoms with Crippen molar-refractivity contribution in [2.24, 2.45) is 0 Å². The van der Waals surface area contributed by atoms with Crippen LogP contribution in [-0.4, -0.2) is 41.5 Å². The highest BCUT2D eigenvalue weighted by Crippen LogP contribution is 2.20. The van der Waals surface area contributed by atoms with Gasteiger partial charge in [-0.15, -0.1) is 0 Å². The van der Waals surface area contributed by atoms with Gasteiger partial charge in [0.25, 0.3) is 0 Å². The molecule has 1 atom stereocenters. The molecule has 82 valence electrons. The molecule has 15 heavy (non-hydrogen) atoms. The van der Waals surface area contributed by atoms with Crippen LogP contribution in [0.25, 0.3) is 0 Å². The number of aromatic nitrogens is 2. The first-order valence-electron chi connectivity index (χ1n) is 4.64. The number of aromatic hydroxyl groups is 1. The molecular weight excluding hydrogens is 200 g/mol. The summed E-state index contributed by atoms with van der Waals surface area (Å²) in [4.78, 5) is 7.37. The van der Waals surface area contributed by atoms with Gasteiger partial charge in [-0.05, 0) is 0 Å². The molecule has 2 rings (SSSR count). The van der Waals surface area contributed by atoms with Crippen molar-refractivity contribution in [3.05, 3.63) is 6.07 Å². The lowest BCUT2D eigenvalue weighted by Gasteiger charge is -2.11. The Labute approximate surface area is 86.8 Å². The van der Waals surface area contributed by atoms with Crippen molar-refractivity contribution in [1.29, 1.82) is 0 Å². The number of methoxy groups -OCH3 is 1. The second-order valence-electron chi connectivity index (χ2n) is 3.15. The molecule has 0 amide bonds. The number of rotatable bonds is 3. The van der Waals surface area contributed by atoms with E-state index in [0.717, 1.165) is 6.42 Å². The summed E-state index contributed by atoms with van der Waals surface area (Å²) in [5, 5.41) is 9.19. The Morgan fingerprint density at radius 1 is 1.47 bits per heavy atom. The minimum absolute atomic E-state index is 0.0102. The first-order chi connectivity index (χ1) is 7.28. The Hall–Kier alpha value is -1.56. The van der Waals surface area contributed by atoms with Crippen LogP contribution in [0.1, 0.15) is 6.42 Å². The van der Waals surface area contributed by atoms with E-state index in [1.54, 1.807) is 0 Å². The molecular formula is C9H12N2O4. The summed E-state index contributed by atoms with van der Waals surface area (Å²) in [6.45, 7) is 1.24. The van der Waals surface area contributed by atoms with Gasteiger partial charge >= 0.3 is 6.01 Å². The third-order valence-corrected chi connectivity index (χ3v) is 2.05. The Morgan fingerprint density at radius 3 is 2.93 bits per heavy atom. The van der Waals surface area contributed by atoms with Crippen molar-refractivity contribution in [3.63, 3.8) is 0 Å². The topological polar surface area (TPSA) is 73.7 Å². The van der Waals surface area contributed by atoms with E-state index in [2.05, 4.69) is 9.97 Å².